The Morgan fingerprint density at radius 2 is 0.729 bits per heavy atom. The van der Waals surface area contributed by atoms with Gasteiger partial charge in [0.1, 0.15) is 6.07 Å². The summed E-state index contributed by atoms with van der Waals surface area (Å²) in [4.78, 5) is 4.68. The van der Waals surface area contributed by atoms with Crippen LogP contribution in [0.3, 0.4) is 0 Å². The topological polar surface area (TPSA) is 30.3 Å². The lowest BCUT2D eigenvalue weighted by molar-refractivity contribution is 0.443. The minimum atomic E-state index is 0.684. The van der Waals surface area contributed by atoms with Gasteiger partial charge in [-0.15, -0.1) is 0 Å². The number of nitrogens with zero attached hydrogens (tertiary/aromatic N) is 3. The first kappa shape index (κ1) is 44.6. The summed E-state index contributed by atoms with van der Waals surface area (Å²) in [5.41, 5.74) is 14.9. The van der Waals surface area contributed by atoms with E-state index in [1.54, 1.807) is 0 Å². The Hall–Kier alpha value is -7.93. The van der Waals surface area contributed by atoms with Gasteiger partial charge >= 0.3 is 0 Å². The van der Waals surface area contributed by atoms with E-state index < -0.39 is 0 Å². The molecule has 2 aliphatic carbocycles. The predicted octanol–water partition coefficient (Wildman–Crippen LogP) is 19.2. The zero-order valence-corrected chi connectivity index (χ0v) is 39.9. The van der Waals surface area contributed by atoms with Crippen molar-refractivity contribution >= 4 is 80.0 Å². The summed E-state index contributed by atoms with van der Waals surface area (Å²) in [5.74, 6) is 1.37. The third-order valence-corrected chi connectivity index (χ3v) is 14.8. The van der Waals surface area contributed by atoms with Gasteiger partial charge in [-0.05, 0) is 173 Å². The van der Waals surface area contributed by atoms with Crippen LogP contribution in [-0.4, -0.2) is 0 Å². The first-order chi connectivity index (χ1) is 34.6. The van der Waals surface area contributed by atoms with E-state index in [1.165, 1.54) is 81.0 Å². The summed E-state index contributed by atoms with van der Waals surface area (Å²) in [6, 6.07) is 75.0. The van der Waals surface area contributed by atoms with Gasteiger partial charge in [0.2, 0.25) is 0 Å². The predicted molar refractivity (Wildman–Crippen MR) is 298 cm³/mol. The van der Waals surface area contributed by atoms with Gasteiger partial charge in [0.15, 0.2) is 0 Å². The normalized spacial score (nSPS) is 14.6. The van der Waals surface area contributed by atoms with E-state index in [9.17, 15) is 5.26 Å². The standard InChI is InChI=1S/C67H59N3/c68-48-67-65-44-30-51(23-21-49-26-36-61(37-27-49)69(59-17-9-3-10-18-59)63-40-32-55(33-41-63)53-13-5-1-6-14-53)45-58(65)47-57-31-25-52(46-66(57)67)24-22-50-28-38-62(39-29-50)70(60-19-11-4-12-20-60)64-42-34-56(35-43-64)54-15-7-2-8-16-54/h3-4,9-12,17-47,53-54H,1-2,5-8,13-16H2/b23-21+,24-22+. The van der Waals surface area contributed by atoms with E-state index in [0.29, 0.717) is 17.4 Å². The van der Waals surface area contributed by atoms with Crippen molar-refractivity contribution in [1.82, 2.24) is 0 Å². The summed E-state index contributed by atoms with van der Waals surface area (Å²) in [7, 11) is 0. The van der Waals surface area contributed by atoms with Crippen molar-refractivity contribution in [2.75, 3.05) is 9.80 Å². The molecule has 9 aromatic rings. The lowest BCUT2D eigenvalue weighted by atomic mass is 9.84. The third kappa shape index (κ3) is 9.82. The first-order valence-electron chi connectivity index (χ1n) is 25.5. The van der Waals surface area contributed by atoms with Crippen LogP contribution >= 0.6 is 0 Å². The molecule has 0 N–H and O–H groups in total. The largest absolute Gasteiger partial charge is 0.311 e. The number of nitriles is 1. The molecule has 11 rings (SSSR count). The quantitative estimate of drug-likeness (QED) is 0.0904. The van der Waals surface area contributed by atoms with Gasteiger partial charge in [-0.3, -0.25) is 0 Å². The molecular formula is C67H59N3. The smallest absolute Gasteiger partial charge is 0.100 e. The minimum absolute atomic E-state index is 0.684. The number of para-hydroxylation sites is 2. The number of rotatable bonds is 12. The lowest BCUT2D eigenvalue weighted by Gasteiger charge is -2.27. The number of fused-ring (bicyclic) bond motifs is 2. The third-order valence-electron chi connectivity index (χ3n) is 14.8. The molecule has 0 heterocycles. The first-order valence-corrected chi connectivity index (χ1v) is 25.5. The lowest BCUT2D eigenvalue weighted by Crippen LogP contribution is -2.10. The van der Waals surface area contributed by atoms with Crippen LogP contribution in [0.15, 0.2) is 200 Å². The highest BCUT2D eigenvalue weighted by atomic mass is 15.1. The Morgan fingerprint density at radius 1 is 0.343 bits per heavy atom. The molecule has 0 aromatic heterocycles. The zero-order chi connectivity index (χ0) is 47.1. The van der Waals surface area contributed by atoms with Gasteiger partial charge in [0.25, 0.3) is 0 Å². The van der Waals surface area contributed by atoms with Gasteiger partial charge in [0, 0.05) is 44.9 Å². The highest BCUT2D eigenvalue weighted by Crippen LogP contribution is 2.40. The number of hydrogen-bond acceptors (Lipinski definition) is 3. The molecule has 2 fully saturated rings. The van der Waals surface area contributed by atoms with Crippen LogP contribution in [-0.2, 0) is 0 Å². The van der Waals surface area contributed by atoms with Crippen molar-refractivity contribution in [1.29, 1.82) is 5.26 Å². The van der Waals surface area contributed by atoms with Crippen molar-refractivity contribution in [2.24, 2.45) is 0 Å². The molecule has 70 heavy (non-hydrogen) atoms. The van der Waals surface area contributed by atoms with E-state index >= 15 is 0 Å². The summed E-state index contributed by atoms with van der Waals surface area (Å²) in [6.45, 7) is 0. The van der Waals surface area contributed by atoms with Gasteiger partial charge in [0.05, 0.1) is 5.56 Å². The Bertz CT molecular complexity index is 3300. The summed E-state index contributed by atoms with van der Waals surface area (Å²) < 4.78 is 0. The monoisotopic (exact) mass is 905 g/mol. The maximum atomic E-state index is 10.5. The Morgan fingerprint density at radius 3 is 1.19 bits per heavy atom. The van der Waals surface area contributed by atoms with Gasteiger partial charge in [-0.1, -0.05) is 172 Å². The Kier molecular flexibility index (Phi) is 13.2. The fourth-order valence-electron chi connectivity index (χ4n) is 11.1. The molecule has 2 aliphatic rings. The maximum Gasteiger partial charge on any atom is 0.100 e. The van der Waals surface area contributed by atoms with E-state index in [4.69, 9.17) is 0 Å². The van der Waals surface area contributed by atoms with Crippen molar-refractivity contribution in [3.8, 4) is 6.07 Å². The summed E-state index contributed by atoms with van der Waals surface area (Å²) in [6.07, 6.45) is 21.9. The summed E-state index contributed by atoms with van der Waals surface area (Å²) >= 11 is 0. The van der Waals surface area contributed by atoms with Crippen LogP contribution in [0.5, 0.6) is 0 Å². The van der Waals surface area contributed by atoms with Crippen molar-refractivity contribution in [2.45, 2.75) is 76.0 Å². The van der Waals surface area contributed by atoms with E-state index in [2.05, 4.69) is 240 Å². The Balaban J connectivity index is 0.794. The van der Waals surface area contributed by atoms with Crippen LogP contribution in [0, 0.1) is 11.3 Å². The molecule has 0 amide bonds. The number of hydrogen-bond donors (Lipinski definition) is 0. The molecule has 0 saturated heterocycles. The molecule has 0 radical (unpaired) electrons. The second-order valence-corrected chi connectivity index (χ2v) is 19.4. The highest BCUT2D eigenvalue weighted by molar-refractivity contribution is 6.05. The van der Waals surface area contributed by atoms with Crippen LogP contribution in [0.4, 0.5) is 34.1 Å². The fourth-order valence-corrected chi connectivity index (χ4v) is 11.1. The average molecular weight is 906 g/mol. The van der Waals surface area contributed by atoms with E-state index in [-0.39, 0.29) is 0 Å². The Labute approximate surface area is 414 Å². The molecule has 0 unspecified atom stereocenters. The SMILES string of the molecule is N#Cc1c2ccc(/C=C/c3ccc(N(c4ccccc4)c4ccc(C5CCCCC5)cc4)cc3)cc2cc2ccc(/C=C/c3ccc(N(c4ccccc4)c4ccc(C5CCCCC5)cc4)cc3)cc12. The highest BCUT2D eigenvalue weighted by Gasteiger charge is 2.19. The van der Waals surface area contributed by atoms with Gasteiger partial charge in [-0.2, -0.15) is 5.26 Å². The summed E-state index contributed by atoms with van der Waals surface area (Å²) in [5, 5.41) is 14.6. The average Bonchev–Trinajstić information content (AvgIpc) is 3.43. The molecular weight excluding hydrogens is 847 g/mol. The van der Waals surface area contributed by atoms with Crippen molar-refractivity contribution < 1.29 is 0 Å². The van der Waals surface area contributed by atoms with Gasteiger partial charge in [-0.25, -0.2) is 0 Å². The molecule has 9 aromatic carbocycles. The zero-order valence-electron chi connectivity index (χ0n) is 39.9. The number of benzene rings is 9. The second kappa shape index (κ2) is 20.7. The molecule has 0 aliphatic heterocycles. The van der Waals surface area contributed by atoms with Crippen LogP contribution in [0.25, 0.3) is 45.8 Å². The molecule has 0 spiro atoms. The molecule has 0 bridgehead atoms. The fraction of sp³-hybridized carbons (Fsp3) is 0.179. The van der Waals surface area contributed by atoms with Crippen molar-refractivity contribution in [3.05, 3.63) is 239 Å². The molecule has 2 saturated carbocycles. The van der Waals surface area contributed by atoms with Crippen molar-refractivity contribution in [3.63, 3.8) is 0 Å². The maximum absolute atomic E-state index is 10.5. The molecule has 0 atom stereocenters. The minimum Gasteiger partial charge on any atom is -0.311 e. The number of anilines is 6. The molecule has 342 valence electrons. The van der Waals surface area contributed by atoms with Gasteiger partial charge < -0.3 is 9.80 Å². The van der Waals surface area contributed by atoms with E-state index in [0.717, 1.165) is 72.2 Å². The second-order valence-electron chi connectivity index (χ2n) is 19.4. The van der Waals surface area contributed by atoms with Crippen LogP contribution in [0.1, 0.15) is 115 Å². The van der Waals surface area contributed by atoms with Crippen LogP contribution in [0.2, 0.25) is 0 Å². The molecule has 3 nitrogen and oxygen atoms in total. The molecule has 3 heteroatoms. The van der Waals surface area contributed by atoms with Crippen LogP contribution < -0.4 is 9.80 Å². The van der Waals surface area contributed by atoms with E-state index in [1.807, 2.05) is 0 Å².